The number of rotatable bonds is 9. The van der Waals surface area contributed by atoms with Gasteiger partial charge in [-0.15, -0.1) is 6.42 Å². The number of methoxy groups -OCH3 is 1. The summed E-state index contributed by atoms with van der Waals surface area (Å²) in [5.74, 6) is 1.26. The molecule has 0 aromatic heterocycles. The Morgan fingerprint density at radius 2 is 2.08 bits per heavy atom. The number of hydrogen-bond acceptors (Lipinski definition) is 5. The van der Waals surface area contributed by atoms with E-state index >= 15 is 0 Å². The van der Waals surface area contributed by atoms with Crippen molar-refractivity contribution in [3.8, 4) is 12.3 Å². The molecular weight excluding hydrogens is 338 g/mol. The molecule has 1 aliphatic heterocycles. The Hall–Kier alpha value is -2.11. The molecule has 0 aromatic carbocycles. The molecule has 0 saturated carbocycles. The largest absolute Gasteiger partial charge is 0.375 e. The van der Waals surface area contributed by atoms with E-state index in [4.69, 9.17) is 21.6 Å². The molecule has 8 nitrogen and oxygen atoms in total. The fourth-order valence-electron chi connectivity index (χ4n) is 2.99. The highest BCUT2D eigenvalue weighted by Gasteiger charge is 2.37. The minimum absolute atomic E-state index is 0.120. The van der Waals surface area contributed by atoms with Crippen LogP contribution in [0, 0.1) is 18.3 Å². The standard InChI is InChI=1S/C18H29N3O5/c1-5-8-26-13-6-7-21(16(22)11-25-4)15(10-13)18(24)20-14(17(19)23)9-12(2)3/h1,12-15H,6-11H2,2-4H3,(H2,19,23)(H,20,24). The molecule has 0 spiro atoms. The van der Waals surface area contributed by atoms with Gasteiger partial charge in [0.15, 0.2) is 0 Å². The number of nitrogens with zero attached hydrogens (tertiary/aromatic N) is 1. The van der Waals surface area contributed by atoms with Crippen molar-refractivity contribution in [1.29, 1.82) is 0 Å². The van der Waals surface area contributed by atoms with E-state index in [1.165, 1.54) is 12.0 Å². The first-order valence-electron chi connectivity index (χ1n) is 8.73. The Balaban J connectivity index is 2.89. The third-order valence-electron chi connectivity index (χ3n) is 4.21. The van der Waals surface area contributed by atoms with E-state index in [2.05, 4.69) is 11.2 Å². The normalized spacial score (nSPS) is 21.1. The van der Waals surface area contributed by atoms with Gasteiger partial charge in [-0.25, -0.2) is 0 Å². The Morgan fingerprint density at radius 3 is 2.62 bits per heavy atom. The highest BCUT2D eigenvalue weighted by Crippen LogP contribution is 2.21. The molecule has 1 aliphatic rings. The van der Waals surface area contributed by atoms with Gasteiger partial charge in [-0.3, -0.25) is 14.4 Å². The molecule has 3 N–H and O–H groups in total. The third kappa shape index (κ3) is 6.65. The number of terminal acetylenes is 1. The van der Waals surface area contributed by atoms with Crippen LogP contribution in [0.3, 0.4) is 0 Å². The molecule has 3 unspecified atom stereocenters. The van der Waals surface area contributed by atoms with Gasteiger partial charge < -0.3 is 25.4 Å². The van der Waals surface area contributed by atoms with Crippen LogP contribution in [-0.2, 0) is 23.9 Å². The zero-order chi connectivity index (χ0) is 19.7. The molecule has 26 heavy (non-hydrogen) atoms. The van der Waals surface area contributed by atoms with Crippen molar-refractivity contribution in [3.63, 3.8) is 0 Å². The number of carbonyl (C=O) groups is 3. The van der Waals surface area contributed by atoms with Crippen LogP contribution in [0.5, 0.6) is 0 Å². The molecule has 146 valence electrons. The molecule has 1 fully saturated rings. The molecule has 8 heteroatoms. The lowest BCUT2D eigenvalue weighted by Crippen LogP contribution is -2.58. The Morgan fingerprint density at radius 1 is 1.38 bits per heavy atom. The third-order valence-corrected chi connectivity index (χ3v) is 4.21. The average Bonchev–Trinajstić information content (AvgIpc) is 2.58. The first-order chi connectivity index (χ1) is 12.3. The molecule has 0 bridgehead atoms. The summed E-state index contributed by atoms with van der Waals surface area (Å²) in [4.78, 5) is 38.2. The number of hydrogen-bond donors (Lipinski definition) is 2. The van der Waals surface area contributed by atoms with Crippen LogP contribution in [0.15, 0.2) is 0 Å². The van der Waals surface area contributed by atoms with Crippen LogP contribution in [-0.4, -0.2) is 67.7 Å². The second-order valence-corrected chi connectivity index (χ2v) is 6.79. The van der Waals surface area contributed by atoms with E-state index in [9.17, 15) is 14.4 Å². The fraction of sp³-hybridized carbons (Fsp3) is 0.722. The molecule has 3 atom stereocenters. The predicted octanol–water partition coefficient (Wildman–Crippen LogP) is -0.342. The maximum Gasteiger partial charge on any atom is 0.249 e. The molecular formula is C18H29N3O5. The lowest BCUT2D eigenvalue weighted by molar-refractivity contribution is -0.148. The first kappa shape index (κ1) is 21.9. The molecule has 1 saturated heterocycles. The summed E-state index contributed by atoms with van der Waals surface area (Å²) in [5.41, 5.74) is 5.40. The topological polar surface area (TPSA) is 111 Å². The molecule has 0 radical (unpaired) electrons. The van der Waals surface area contributed by atoms with Gasteiger partial charge in [0.25, 0.3) is 0 Å². The van der Waals surface area contributed by atoms with Crippen LogP contribution >= 0.6 is 0 Å². The van der Waals surface area contributed by atoms with Crippen LogP contribution < -0.4 is 11.1 Å². The molecule has 1 rings (SSSR count). The summed E-state index contributed by atoms with van der Waals surface area (Å²) in [7, 11) is 1.42. The van der Waals surface area contributed by atoms with Gasteiger partial charge in [-0.2, -0.15) is 0 Å². The first-order valence-corrected chi connectivity index (χ1v) is 8.73. The quantitative estimate of drug-likeness (QED) is 0.542. The number of nitrogens with two attached hydrogens (primary N) is 1. The van der Waals surface area contributed by atoms with Crippen molar-refractivity contribution in [2.24, 2.45) is 11.7 Å². The summed E-state index contributed by atoms with van der Waals surface area (Å²) in [6.45, 7) is 4.23. The lowest BCUT2D eigenvalue weighted by Gasteiger charge is -2.38. The summed E-state index contributed by atoms with van der Waals surface area (Å²) >= 11 is 0. The van der Waals surface area contributed by atoms with Crippen LogP contribution in [0.2, 0.25) is 0 Å². The van der Waals surface area contributed by atoms with E-state index < -0.39 is 23.9 Å². The monoisotopic (exact) mass is 367 g/mol. The van der Waals surface area contributed by atoms with Crippen LogP contribution in [0.25, 0.3) is 0 Å². The number of likely N-dealkylation sites (tertiary alicyclic amines) is 1. The van der Waals surface area contributed by atoms with Crippen molar-refractivity contribution >= 4 is 17.7 Å². The van der Waals surface area contributed by atoms with E-state index in [0.717, 1.165) is 0 Å². The second-order valence-electron chi connectivity index (χ2n) is 6.79. The molecule has 3 amide bonds. The van der Waals surface area contributed by atoms with Crippen molar-refractivity contribution < 1.29 is 23.9 Å². The summed E-state index contributed by atoms with van der Waals surface area (Å²) in [6, 6.07) is -1.54. The second kappa shape index (κ2) is 10.8. The number of nitrogens with one attached hydrogen (secondary N) is 1. The number of amides is 3. The van der Waals surface area contributed by atoms with E-state index in [1.807, 2.05) is 13.8 Å². The summed E-state index contributed by atoms with van der Waals surface area (Å²) in [5, 5.41) is 2.68. The SMILES string of the molecule is C#CCOC1CCN(C(=O)COC)C(C(=O)NC(CC(C)C)C(N)=O)C1. The maximum absolute atomic E-state index is 12.8. The Bertz CT molecular complexity index is 543. The smallest absolute Gasteiger partial charge is 0.249 e. The molecule has 0 aliphatic carbocycles. The summed E-state index contributed by atoms with van der Waals surface area (Å²) in [6.07, 6.45) is 6.29. The van der Waals surface area contributed by atoms with Gasteiger partial charge in [0.05, 0.1) is 6.10 Å². The average molecular weight is 367 g/mol. The number of ether oxygens (including phenoxy) is 2. The number of carbonyl (C=O) groups excluding carboxylic acids is 3. The molecule has 0 aromatic rings. The van der Waals surface area contributed by atoms with E-state index in [1.54, 1.807) is 0 Å². The minimum atomic E-state index is -0.783. The van der Waals surface area contributed by atoms with Gasteiger partial charge in [-0.1, -0.05) is 19.8 Å². The zero-order valence-electron chi connectivity index (χ0n) is 15.7. The van der Waals surface area contributed by atoms with Gasteiger partial charge >= 0.3 is 0 Å². The molecule has 1 heterocycles. The van der Waals surface area contributed by atoms with Gasteiger partial charge in [0.2, 0.25) is 17.7 Å². The Labute approximate surface area is 154 Å². The highest BCUT2D eigenvalue weighted by molar-refractivity contribution is 5.92. The summed E-state index contributed by atoms with van der Waals surface area (Å²) < 4.78 is 10.4. The van der Waals surface area contributed by atoms with Crippen molar-refractivity contribution in [2.75, 3.05) is 26.9 Å². The van der Waals surface area contributed by atoms with Crippen LogP contribution in [0.4, 0.5) is 0 Å². The number of primary amides is 1. The van der Waals surface area contributed by atoms with Gasteiger partial charge in [-0.05, 0) is 18.8 Å². The van der Waals surface area contributed by atoms with E-state index in [0.29, 0.717) is 25.8 Å². The van der Waals surface area contributed by atoms with Gasteiger partial charge in [0.1, 0.15) is 25.3 Å². The van der Waals surface area contributed by atoms with Crippen molar-refractivity contribution in [3.05, 3.63) is 0 Å². The predicted molar refractivity (Wildman–Crippen MR) is 95.8 cm³/mol. The minimum Gasteiger partial charge on any atom is -0.375 e. The van der Waals surface area contributed by atoms with Gasteiger partial charge in [0, 0.05) is 20.1 Å². The maximum atomic E-state index is 12.8. The zero-order valence-corrected chi connectivity index (χ0v) is 15.7. The highest BCUT2D eigenvalue weighted by atomic mass is 16.5. The van der Waals surface area contributed by atoms with Crippen LogP contribution in [0.1, 0.15) is 33.1 Å². The number of piperidine rings is 1. The van der Waals surface area contributed by atoms with Crippen molar-refractivity contribution in [1.82, 2.24) is 10.2 Å². The lowest BCUT2D eigenvalue weighted by atomic mass is 9.97. The Kier molecular flexibility index (Phi) is 9.10. The fourth-order valence-corrected chi connectivity index (χ4v) is 2.99. The van der Waals surface area contributed by atoms with Crippen molar-refractivity contribution in [2.45, 2.75) is 51.3 Å². The van der Waals surface area contributed by atoms with E-state index in [-0.39, 0.29) is 31.1 Å².